The van der Waals surface area contributed by atoms with Gasteiger partial charge in [-0.2, -0.15) is 5.10 Å². The first-order valence-corrected chi connectivity index (χ1v) is 9.69. The molecule has 0 spiro atoms. The van der Waals surface area contributed by atoms with Crippen LogP contribution in [-0.4, -0.2) is 27.8 Å². The van der Waals surface area contributed by atoms with Gasteiger partial charge in [0.1, 0.15) is 10.8 Å². The van der Waals surface area contributed by atoms with Crippen molar-refractivity contribution in [3.05, 3.63) is 64.9 Å². The van der Waals surface area contributed by atoms with Crippen LogP contribution in [0.3, 0.4) is 0 Å². The zero-order chi connectivity index (χ0) is 21.0. The minimum atomic E-state index is -0.918. The van der Waals surface area contributed by atoms with Gasteiger partial charge in [-0.3, -0.25) is 4.79 Å². The Morgan fingerprint density at radius 3 is 2.62 bits per heavy atom. The van der Waals surface area contributed by atoms with Gasteiger partial charge in [0.2, 0.25) is 0 Å². The smallest absolute Gasteiger partial charge is 0.280 e. The van der Waals surface area contributed by atoms with Gasteiger partial charge in [-0.1, -0.05) is 12.1 Å². The van der Waals surface area contributed by atoms with Crippen LogP contribution < -0.4 is 10.2 Å². The van der Waals surface area contributed by atoms with Crippen molar-refractivity contribution in [2.24, 2.45) is 5.10 Å². The molecule has 6 nitrogen and oxygen atoms in total. The third-order valence-electron chi connectivity index (χ3n) is 4.08. The third kappa shape index (κ3) is 4.97. The molecule has 2 N–H and O–H groups in total. The highest BCUT2D eigenvalue weighted by molar-refractivity contribution is 7.17. The molecule has 3 rings (SSSR count). The van der Waals surface area contributed by atoms with Crippen molar-refractivity contribution in [1.82, 2.24) is 10.4 Å². The molecule has 8 heteroatoms. The topological polar surface area (TPSA) is 83.8 Å². The number of para-hydroxylation sites is 1. The summed E-state index contributed by atoms with van der Waals surface area (Å²) in [5.74, 6) is -0.829. The largest absolute Gasteiger partial charge is 0.508 e. The van der Waals surface area contributed by atoms with E-state index in [1.54, 1.807) is 43.3 Å². The molecule has 1 heterocycles. The summed E-state index contributed by atoms with van der Waals surface area (Å²) in [4.78, 5) is 17.6. The summed E-state index contributed by atoms with van der Waals surface area (Å²) in [6.07, 6.45) is -0.918. The van der Waals surface area contributed by atoms with Crippen LogP contribution in [-0.2, 0) is 4.79 Å². The van der Waals surface area contributed by atoms with Crippen LogP contribution in [0.2, 0.25) is 0 Å². The first-order chi connectivity index (χ1) is 13.8. The summed E-state index contributed by atoms with van der Waals surface area (Å²) in [5.41, 5.74) is 4.71. The lowest BCUT2D eigenvalue weighted by molar-refractivity contribution is -0.127. The molecular weight excluding hydrogens is 393 g/mol. The maximum atomic E-state index is 13.7. The van der Waals surface area contributed by atoms with Gasteiger partial charge in [0.05, 0.1) is 16.3 Å². The van der Waals surface area contributed by atoms with Crippen molar-refractivity contribution in [2.75, 3.05) is 0 Å². The summed E-state index contributed by atoms with van der Waals surface area (Å²) < 4.78 is 19.0. The first-order valence-electron chi connectivity index (χ1n) is 8.87. The highest BCUT2D eigenvalue weighted by Crippen LogP contribution is 2.29. The molecule has 0 unspecified atom stereocenters. The van der Waals surface area contributed by atoms with E-state index in [0.717, 1.165) is 21.1 Å². The van der Waals surface area contributed by atoms with Gasteiger partial charge >= 0.3 is 0 Å². The Morgan fingerprint density at radius 2 is 1.93 bits per heavy atom. The zero-order valence-electron chi connectivity index (χ0n) is 16.1. The van der Waals surface area contributed by atoms with Gasteiger partial charge in [-0.15, -0.1) is 11.3 Å². The van der Waals surface area contributed by atoms with Crippen LogP contribution in [0.25, 0.3) is 10.6 Å². The van der Waals surface area contributed by atoms with Crippen molar-refractivity contribution < 1.29 is 19.0 Å². The van der Waals surface area contributed by atoms with Crippen LogP contribution in [0.1, 0.15) is 24.4 Å². The minimum absolute atomic E-state index is 0.00712. The number of hydrogen-bond acceptors (Lipinski definition) is 6. The molecule has 0 radical (unpaired) electrons. The van der Waals surface area contributed by atoms with Gasteiger partial charge in [0.25, 0.3) is 5.91 Å². The van der Waals surface area contributed by atoms with E-state index in [1.807, 2.05) is 6.92 Å². The number of phenols is 1. The number of carbonyl (C=O) groups excluding carboxylic acids is 1. The second-order valence-electron chi connectivity index (χ2n) is 6.34. The molecule has 1 atom stereocenters. The van der Waals surface area contributed by atoms with Crippen LogP contribution in [0.4, 0.5) is 4.39 Å². The number of hydrogen-bond donors (Lipinski definition) is 2. The highest BCUT2D eigenvalue weighted by Gasteiger charge is 2.17. The lowest BCUT2D eigenvalue weighted by Gasteiger charge is -2.13. The van der Waals surface area contributed by atoms with Crippen LogP contribution in [0, 0.1) is 12.7 Å². The molecule has 1 amide bonds. The molecule has 3 aromatic rings. The Labute approximate surface area is 171 Å². The van der Waals surface area contributed by atoms with Crippen molar-refractivity contribution >= 4 is 23.0 Å². The summed E-state index contributed by atoms with van der Waals surface area (Å²) in [6, 6.07) is 12.7. The lowest BCUT2D eigenvalue weighted by atomic mass is 10.2. The Hall–Kier alpha value is -3.26. The number of nitrogens with one attached hydrogen (secondary N) is 1. The number of aryl methyl sites for hydroxylation is 1. The standard InChI is InChI=1S/C21H20FN3O3S/c1-12-19(29-21(23-12)15-8-10-16(26)11-9-15)13(2)24-25-20(27)14(3)28-18-7-5-4-6-17(18)22/h4-11,14,26H,1-3H3,(H,25,27)/b24-13+/t14-/m0/s1. The second kappa shape index (κ2) is 8.83. The summed E-state index contributed by atoms with van der Waals surface area (Å²) >= 11 is 1.44. The van der Waals surface area contributed by atoms with E-state index >= 15 is 0 Å². The molecule has 29 heavy (non-hydrogen) atoms. The normalized spacial score (nSPS) is 12.5. The van der Waals surface area contributed by atoms with Crippen LogP contribution in [0.15, 0.2) is 53.6 Å². The average molecular weight is 413 g/mol. The molecule has 150 valence electrons. The molecule has 0 saturated heterocycles. The fraction of sp³-hybridized carbons (Fsp3) is 0.190. The van der Waals surface area contributed by atoms with Crippen LogP contribution >= 0.6 is 11.3 Å². The van der Waals surface area contributed by atoms with E-state index in [1.165, 1.54) is 30.4 Å². The Kier molecular flexibility index (Phi) is 6.23. The molecule has 1 aromatic heterocycles. The summed E-state index contributed by atoms with van der Waals surface area (Å²) in [5, 5.41) is 14.3. The molecule has 0 aliphatic carbocycles. The Morgan fingerprint density at radius 1 is 1.24 bits per heavy atom. The fourth-order valence-electron chi connectivity index (χ4n) is 2.52. The predicted octanol–water partition coefficient (Wildman–Crippen LogP) is 4.27. The molecule has 0 aliphatic rings. The van der Waals surface area contributed by atoms with Crippen molar-refractivity contribution in [2.45, 2.75) is 26.9 Å². The lowest BCUT2D eigenvalue weighted by Crippen LogP contribution is -2.34. The maximum Gasteiger partial charge on any atom is 0.280 e. The van der Waals surface area contributed by atoms with Gasteiger partial charge < -0.3 is 9.84 Å². The number of halogens is 1. The molecular formula is C21H20FN3O3S. The number of aromatic hydroxyl groups is 1. The highest BCUT2D eigenvalue weighted by atomic mass is 32.1. The third-order valence-corrected chi connectivity index (χ3v) is 5.40. The molecule has 0 aliphatic heterocycles. The first kappa shape index (κ1) is 20.5. The van der Waals surface area contributed by atoms with E-state index in [-0.39, 0.29) is 11.5 Å². The molecule has 0 saturated carbocycles. The quantitative estimate of drug-likeness (QED) is 0.467. The molecule has 0 fully saturated rings. The van der Waals surface area contributed by atoms with E-state index in [2.05, 4.69) is 15.5 Å². The van der Waals surface area contributed by atoms with Crippen molar-refractivity contribution in [1.29, 1.82) is 0 Å². The summed E-state index contributed by atoms with van der Waals surface area (Å²) in [7, 11) is 0. The number of ether oxygens (including phenoxy) is 1. The van der Waals surface area contributed by atoms with E-state index in [4.69, 9.17) is 4.74 Å². The van der Waals surface area contributed by atoms with E-state index < -0.39 is 17.8 Å². The number of phenolic OH excluding ortho intramolecular Hbond substituents is 1. The Balaban J connectivity index is 1.68. The van der Waals surface area contributed by atoms with Gasteiger partial charge in [0, 0.05) is 5.56 Å². The van der Waals surface area contributed by atoms with E-state index in [0.29, 0.717) is 5.71 Å². The predicted molar refractivity (Wildman–Crippen MR) is 111 cm³/mol. The summed E-state index contributed by atoms with van der Waals surface area (Å²) in [6.45, 7) is 5.15. The number of amides is 1. The minimum Gasteiger partial charge on any atom is -0.508 e. The maximum absolute atomic E-state index is 13.7. The van der Waals surface area contributed by atoms with Gasteiger partial charge in [-0.25, -0.2) is 14.8 Å². The SMILES string of the molecule is C/C(=N\NC(=O)[C@H](C)Oc1ccccc1F)c1sc(-c2ccc(O)cc2)nc1C. The number of rotatable bonds is 6. The number of benzene rings is 2. The monoisotopic (exact) mass is 413 g/mol. The number of hydrazone groups is 1. The molecule has 0 bridgehead atoms. The Bertz CT molecular complexity index is 1050. The van der Waals surface area contributed by atoms with E-state index in [9.17, 15) is 14.3 Å². The van der Waals surface area contributed by atoms with Gasteiger partial charge in [-0.05, 0) is 57.2 Å². The van der Waals surface area contributed by atoms with Gasteiger partial charge in [0.15, 0.2) is 17.7 Å². The number of carbonyl (C=O) groups is 1. The fourth-order valence-corrected chi connectivity index (χ4v) is 3.54. The van der Waals surface area contributed by atoms with Crippen LogP contribution in [0.5, 0.6) is 11.5 Å². The molecule has 2 aromatic carbocycles. The van der Waals surface area contributed by atoms with Crippen molar-refractivity contribution in [3.8, 4) is 22.1 Å². The number of aromatic nitrogens is 1. The van der Waals surface area contributed by atoms with Crippen molar-refractivity contribution in [3.63, 3.8) is 0 Å². The number of thiazole rings is 1. The number of nitrogens with zero attached hydrogens (tertiary/aromatic N) is 2. The second-order valence-corrected chi connectivity index (χ2v) is 7.34. The average Bonchev–Trinajstić information content (AvgIpc) is 3.09. The zero-order valence-corrected chi connectivity index (χ0v) is 17.0.